The van der Waals surface area contributed by atoms with E-state index >= 15 is 0 Å². The maximum atomic E-state index is 14.3. The second-order valence-electron chi connectivity index (χ2n) is 11.3. The van der Waals surface area contributed by atoms with Crippen LogP contribution in [0.1, 0.15) is 86.0 Å². The molecule has 7 atom stereocenters. The number of aliphatic hydroxyl groups excluding tert-OH is 2. The zero-order chi connectivity index (χ0) is 23.0. The van der Waals surface area contributed by atoms with Gasteiger partial charge in [-0.05, 0) is 106 Å². The predicted molar refractivity (Wildman–Crippen MR) is 124 cm³/mol. The highest BCUT2D eigenvalue weighted by molar-refractivity contribution is 5.37. The molecule has 176 valence electrons. The number of halogens is 1. The topological polar surface area (TPSA) is 60.7 Å². The molecule has 0 aromatic rings. The van der Waals surface area contributed by atoms with Crippen molar-refractivity contribution < 1.29 is 19.7 Å². The molecular weight excluding hydrogens is 391 g/mol. The molecule has 3 N–H and O–H groups in total. The van der Waals surface area contributed by atoms with E-state index in [1.54, 1.807) is 13.8 Å². The van der Waals surface area contributed by atoms with Gasteiger partial charge in [0.1, 0.15) is 6.17 Å². The molecule has 0 bridgehead atoms. The second-order valence-corrected chi connectivity index (χ2v) is 11.3. The number of allylic oxidation sites excluding steroid dienone is 4. The van der Waals surface area contributed by atoms with Crippen LogP contribution in [-0.2, 0) is 0 Å². The summed E-state index contributed by atoms with van der Waals surface area (Å²) >= 11 is 0. The molecule has 0 aliphatic heterocycles. The third-order valence-corrected chi connectivity index (χ3v) is 8.64. The van der Waals surface area contributed by atoms with Gasteiger partial charge in [-0.3, -0.25) is 0 Å². The van der Waals surface area contributed by atoms with Crippen molar-refractivity contribution in [1.82, 2.24) is 0 Å². The van der Waals surface area contributed by atoms with Gasteiger partial charge in [0.15, 0.2) is 0 Å². The predicted octanol–water partition coefficient (Wildman–Crippen LogP) is 5.65. The molecule has 4 heteroatoms. The lowest BCUT2D eigenvalue weighted by molar-refractivity contribution is -0.0116. The fourth-order valence-electron chi connectivity index (χ4n) is 6.49. The van der Waals surface area contributed by atoms with Crippen molar-refractivity contribution in [1.29, 1.82) is 0 Å². The van der Waals surface area contributed by atoms with Crippen LogP contribution in [0.25, 0.3) is 0 Å². The second kappa shape index (κ2) is 9.49. The smallest absolute Gasteiger partial charge is 0.128 e. The van der Waals surface area contributed by atoms with Gasteiger partial charge in [0, 0.05) is 6.42 Å². The van der Waals surface area contributed by atoms with Crippen LogP contribution in [0.15, 0.2) is 34.9 Å². The zero-order valence-corrected chi connectivity index (χ0v) is 20.1. The van der Waals surface area contributed by atoms with Crippen LogP contribution >= 0.6 is 0 Å². The highest BCUT2D eigenvalue weighted by Crippen LogP contribution is 2.58. The molecule has 3 aliphatic rings. The van der Waals surface area contributed by atoms with Crippen molar-refractivity contribution >= 4 is 0 Å². The molecule has 3 rings (SSSR count). The minimum atomic E-state index is -1.26. The van der Waals surface area contributed by atoms with E-state index in [4.69, 9.17) is 0 Å². The van der Waals surface area contributed by atoms with Gasteiger partial charge in [-0.1, -0.05) is 32.1 Å². The zero-order valence-electron chi connectivity index (χ0n) is 20.1. The van der Waals surface area contributed by atoms with Crippen LogP contribution in [0.4, 0.5) is 4.39 Å². The summed E-state index contributed by atoms with van der Waals surface area (Å²) in [5.74, 6) is 1.52. The van der Waals surface area contributed by atoms with Crippen molar-refractivity contribution in [3.05, 3.63) is 34.9 Å². The van der Waals surface area contributed by atoms with Crippen LogP contribution in [0.5, 0.6) is 0 Å². The van der Waals surface area contributed by atoms with E-state index in [0.717, 1.165) is 30.4 Å². The standard InChI is InChI=1S/C27H43FO3/c1-17(8-13-25(28)26(3,4)31)22-11-12-23-19(7-6-14-27(22,23)5)9-10-20-15-21(29)16-24(30)18(20)2/h7,9-10,17,21-25,29-31H,6,8,11-16H2,1-5H3/b10-9-/t17-,21+,22-,23+,24-,25+,27-/m1/s1. The summed E-state index contributed by atoms with van der Waals surface area (Å²) in [6, 6.07) is 0. The molecule has 0 spiro atoms. The first-order valence-corrected chi connectivity index (χ1v) is 12.2. The first kappa shape index (κ1) is 24.7. The number of hydrogen-bond acceptors (Lipinski definition) is 3. The fourth-order valence-corrected chi connectivity index (χ4v) is 6.49. The van der Waals surface area contributed by atoms with Crippen LogP contribution in [-0.4, -0.2) is 39.3 Å². The fraction of sp³-hybridized carbons (Fsp3) is 0.778. The monoisotopic (exact) mass is 434 g/mol. The molecule has 0 saturated heterocycles. The van der Waals surface area contributed by atoms with Crippen molar-refractivity contribution in [2.75, 3.05) is 0 Å². The number of alkyl halides is 1. The lowest BCUT2D eigenvalue weighted by atomic mass is 9.62. The van der Waals surface area contributed by atoms with Crippen LogP contribution in [0.2, 0.25) is 0 Å². The van der Waals surface area contributed by atoms with Gasteiger partial charge in [-0.2, -0.15) is 0 Å². The Bertz CT molecular complexity index is 731. The Morgan fingerprint density at radius 3 is 2.61 bits per heavy atom. The Balaban J connectivity index is 1.69. The molecule has 0 radical (unpaired) electrons. The van der Waals surface area contributed by atoms with Crippen LogP contribution in [0, 0.1) is 23.2 Å². The molecule has 1 fully saturated rings. The van der Waals surface area contributed by atoms with Crippen LogP contribution < -0.4 is 0 Å². The normalized spacial score (nSPS) is 36.5. The Labute approximate surface area is 188 Å². The van der Waals surface area contributed by atoms with Gasteiger partial charge in [0.25, 0.3) is 0 Å². The first-order valence-electron chi connectivity index (χ1n) is 12.2. The molecule has 1 saturated carbocycles. The third kappa shape index (κ3) is 5.34. The van der Waals surface area contributed by atoms with Gasteiger partial charge in [-0.15, -0.1) is 0 Å². The highest BCUT2D eigenvalue weighted by atomic mass is 19.1. The number of rotatable bonds is 7. The Morgan fingerprint density at radius 1 is 1.23 bits per heavy atom. The molecule has 0 unspecified atom stereocenters. The molecule has 0 aromatic carbocycles. The summed E-state index contributed by atoms with van der Waals surface area (Å²) < 4.78 is 14.3. The Kier molecular flexibility index (Phi) is 7.55. The maximum Gasteiger partial charge on any atom is 0.128 e. The average molecular weight is 435 g/mol. The molecular formula is C27H43FO3. The van der Waals surface area contributed by atoms with E-state index in [1.807, 2.05) is 6.92 Å². The molecule has 0 aromatic heterocycles. The van der Waals surface area contributed by atoms with Crippen LogP contribution in [0.3, 0.4) is 0 Å². The van der Waals surface area contributed by atoms with Gasteiger partial charge in [0.05, 0.1) is 17.8 Å². The van der Waals surface area contributed by atoms with Gasteiger partial charge >= 0.3 is 0 Å². The Morgan fingerprint density at radius 2 is 1.94 bits per heavy atom. The van der Waals surface area contributed by atoms with E-state index in [2.05, 4.69) is 32.1 Å². The third-order valence-electron chi connectivity index (χ3n) is 8.64. The van der Waals surface area contributed by atoms with E-state index in [9.17, 15) is 19.7 Å². The molecule has 0 amide bonds. The molecule has 31 heavy (non-hydrogen) atoms. The van der Waals surface area contributed by atoms with Crippen molar-refractivity contribution in [2.24, 2.45) is 23.2 Å². The van der Waals surface area contributed by atoms with E-state index < -0.39 is 24.0 Å². The van der Waals surface area contributed by atoms with E-state index in [0.29, 0.717) is 37.0 Å². The van der Waals surface area contributed by atoms with E-state index in [1.165, 1.54) is 18.4 Å². The SMILES string of the molecule is CC1=C(/C=C\C2=CCC[C@]3(C)[C@@H]([C@H](C)CC[C@H](F)C(C)(C)O)CC[C@@H]23)C[C@H](O)C[C@H]1O. The number of fused-ring (bicyclic) bond motifs is 1. The largest absolute Gasteiger partial charge is 0.393 e. The van der Waals surface area contributed by atoms with Gasteiger partial charge < -0.3 is 15.3 Å². The number of aliphatic hydroxyl groups is 3. The molecule has 0 heterocycles. The summed E-state index contributed by atoms with van der Waals surface area (Å²) in [6.45, 7) is 9.77. The molecule has 3 aliphatic carbocycles. The minimum Gasteiger partial charge on any atom is -0.393 e. The summed E-state index contributed by atoms with van der Waals surface area (Å²) in [5.41, 5.74) is 2.39. The molecule has 3 nitrogen and oxygen atoms in total. The summed E-state index contributed by atoms with van der Waals surface area (Å²) in [4.78, 5) is 0. The van der Waals surface area contributed by atoms with Crippen molar-refractivity contribution in [2.45, 2.75) is 110 Å². The lowest BCUT2D eigenvalue weighted by Gasteiger charge is -2.43. The number of hydrogen-bond donors (Lipinski definition) is 3. The van der Waals surface area contributed by atoms with Crippen molar-refractivity contribution in [3.63, 3.8) is 0 Å². The maximum absolute atomic E-state index is 14.3. The minimum absolute atomic E-state index is 0.226. The van der Waals surface area contributed by atoms with Gasteiger partial charge in [0.2, 0.25) is 0 Å². The average Bonchev–Trinajstić information content (AvgIpc) is 3.04. The first-order chi connectivity index (χ1) is 14.4. The summed E-state index contributed by atoms with van der Waals surface area (Å²) in [6.07, 6.45) is 11.4. The highest BCUT2D eigenvalue weighted by Gasteiger charge is 2.49. The Hall–Kier alpha value is -0.970. The lowest BCUT2D eigenvalue weighted by Crippen LogP contribution is -2.36. The summed E-state index contributed by atoms with van der Waals surface area (Å²) in [5, 5.41) is 30.2. The quantitative estimate of drug-likeness (QED) is 0.485. The van der Waals surface area contributed by atoms with Gasteiger partial charge in [-0.25, -0.2) is 4.39 Å². The van der Waals surface area contributed by atoms with E-state index in [-0.39, 0.29) is 5.41 Å². The summed E-state index contributed by atoms with van der Waals surface area (Å²) in [7, 11) is 0. The van der Waals surface area contributed by atoms with Crippen molar-refractivity contribution in [3.8, 4) is 0 Å².